The summed E-state index contributed by atoms with van der Waals surface area (Å²) in [4.78, 5) is 3.33. The maximum atomic E-state index is 13.2. The summed E-state index contributed by atoms with van der Waals surface area (Å²) < 4.78 is 56.4. The lowest BCUT2D eigenvalue weighted by Crippen LogP contribution is -2.44. The molecule has 1 aliphatic heterocycles. The molecule has 0 aliphatic carbocycles. The van der Waals surface area contributed by atoms with Gasteiger partial charge < -0.3 is 15.0 Å². The van der Waals surface area contributed by atoms with E-state index in [1.807, 2.05) is 37.4 Å². The molecule has 2 N–H and O–H groups in total. The monoisotopic (exact) mass is 462 g/mol. The SMILES string of the molecule is CCOc1ccc(S(=O)(=O)[C@H]2CS(=O)(=O)C[C@@H]2NCCc2c[nH]c3ccccc23)cc1. The highest BCUT2D eigenvalue weighted by Crippen LogP contribution is 2.27. The van der Waals surface area contributed by atoms with Crippen molar-refractivity contribution in [2.24, 2.45) is 0 Å². The Morgan fingerprint density at radius 2 is 1.84 bits per heavy atom. The van der Waals surface area contributed by atoms with Crippen LogP contribution in [-0.4, -0.2) is 57.8 Å². The van der Waals surface area contributed by atoms with Crippen molar-refractivity contribution in [3.63, 3.8) is 0 Å². The first-order valence-electron chi connectivity index (χ1n) is 10.3. The highest BCUT2D eigenvalue weighted by Gasteiger charge is 2.45. The van der Waals surface area contributed by atoms with Crippen LogP contribution in [-0.2, 0) is 26.1 Å². The lowest BCUT2D eigenvalue weighted by molar-refractivity contribution is 0.340. The van der Waals surface area contributed by atoms with E-state index >= 15 is 0 Å². The number of ether oxygens (including phenoxy) is 1. The summed E-state index contributed by atoms with van der Waals surface area (Å²) in [6, 6.07) is 13.5. The molecule has 0 spiro atoms. The molecule has 4 rings (SSSR count). The molecule has 1 aromatic heterocycles. The Bertz CT molecular complexity index is 1260. The minimum Gasteiger partial charge on any atom is -0.494 e. The van der Waals surface area contributed by atoms with E-state index < -0.39 is 31.0 Å². The Morgan fingerprint density at radius 3 is 2.58 bits per heavy atom. The fourth-order valence-corrected chi connectivity index (χ4v) is 8.83. The topological polar surface area (TPSA) is 105 Å². The maximum absolute atomic E-state index is 13.2. The van der Waals surface area contributed by atoms with Gasteiger partial charge in [-0.1, -0.05) is 18.2 Å². The first-order valence-corrected chi connectivity index (χ1v) is 13.6. The molecule has 1 fully saturated rings. The van der Waals surface area contributed by atoms with E-state index in [9.17, 15) is 16.8 Å². The summed E-state index contributed by atoms with van der Waals surface area (Å²) in [6.07, 6.45) is 2.60. The van der Waals surface area contributed by atoms with E-state index in [2.05, 4.69) is 10.3 Å². The van der Waals surface area contributed by atoms with Crippen LogP contribution in [0.4, 0.5) is 0 Å². The molecule has 0 bridgehead atoms. The van der Waals surface area contributed by atoms with Crippen molar-refractivity contribution in [1.82, 2.24) is 10.3 Å². The first kappa shape index (κ1) is 21.9. The molecule has 2 heterocycles. The van der Waals surface area contributed by atoms with Gasteiger partial charge in [0.1, 0.15) is 5.75 Å². The number of H-pyrrole nitrogens is 1. The minimum absolute atomic E-state index is 0.112. The van der Waals surface area contributed by atoms with Crippen molar-refractivity contribution in [2.75, 3.05) is 24.7 Å². The van der Waals surface area contributed by atoms with Gasteiger partial charge in [-0.25, -0.2) is 16.8 Å². The number of hydrogen-bond donors (Lipinski definition) is 2. The van der Waals surface area contributed by atoms with Crippen LogP contribution >= 0.6 is 0 Å². The van der Waals surface area contributed by atoms with E-state index in [0.717, 1.165) is 16.5 Å². The molecular formula is C22H26N2O5S2. The molecular weight excluding hydrogens is 436 g/mol. The molecule has 2 aromatic carbocycles. The van der Waals surface area contributed by atoms with Crippen molar-refractivity contribution < 1.29 is 21.6 Å². The van der Waals surface area contributed by atoms with Crippen LogP contribution in [0.25, 0.3) is 10.9 Å². The third kappa shape index (κ3) is 4.63. The molecule has 2 atom stereocenters. The summed E-state index contributed by atoms with van der Waals surface area (Å²) in [7, 11) is -7.26. The number of para-hydroxylation sites is 1. The maximum Gasteiger partial charge on any atom is 0.183 e. The minimum atomic E-state index is -3.81. The first-order chi connectivity index (χ1) is 14.8. The number of benzene rings is 2. The van der Waals surface area contributed by atoms with Crippen LogP contribution in [0.15, 0.2) is 59.6 Å². The summed E-state index contributed by atoms with van der Waals surface area (Å²) in [5.41, 5.74) is 2.15. The molecule has 0 unspecified atom stereocenters. The number of nitrogens with one attached hydrogen (secondary N) is 2. The molecule has 9 heteroatoms. The summed E-state index contributed by atoms with van der Waals surface area (Å²) >= 11 is 0. The average molecular weight is 463 g/mol. The van der Waals surface area contributed by atoms with Gasteiger partial charge in [0.15, 0.2) is 19.7 Å². The van der Waals surface area contributed by atoms with Gasteiger partial charge in [-0.3, -0.25) is 0 Å². The van der Waals surface area contributed by atoms with Gasteiger partial charge in [0.05, 0.1) is 28.3 Å². The third-order valence-corrected chi connectivity index (χ3v) is 9.80. The van der Waals surface area contributed by atoms with Gasteiger partial charge in [0.25, 0.3) is 0 Å². The van der Waals surface area contributed by atoms with Crippen molar-refractivity contribution in [3.05, 3.63) is 60.3 Å². The number of hydrogen-bond acceptors (Lipinski definition) is 6. The van der Waals surface area contributed by atoms with Crippen LogP contribution in [0.1, 0.15) is 12.5 Å². The van der Waals surface area contributed by atoms with Gasteiger partial charge in [-0.05, 0) is 55.8 Å². The van der Waals surface area contributed by atoms with Crippen molar-refractivity contribution in [1.29, 1.82) is 0 Å². The van der Waals surface area contributed by atoms with E-state index in [4.69, 9.17) is 4.74 Å². The van der Waals surface area contributed by atoms with Crippen LogP contribution in [0.5, 0.6) is 5.75 Å². The Labute approximate surface area is 182 Å². The van der Waals surface area contributed by atoms with E-state index in [0.29, 0.717) is 25.3 Å². The molecule has 31 heavy (non-hydrogen) atoms. The second kappa shape index (κ2) is 8.64. The molecule has 1 aliphatic rings. The zero-order valence-corrected chi connectivity index (χ0v) is 18.9. The van der Waals surface area contributed by atoms with Crippen molar-refractivity contribution in [2.45, 2.75) is 29.5 Å². The zero-order chi connectivity index (χ0) is 22.1. The predicted octanol–water partition coefficient (Wildman–Crippen LogP) is 2.34. The van der Waals surface area contributed by atoms with Gasteiger partial charge >= 0.3 is 0 Å². The Morgan fingerprint density at radius 1 is 1.10 bits per heavy atom. The van der Waals surface area contributed by atoms with Crippen LogP contribution in [0.2, 0.25) is 0 Å². The molecule has 1 saturated heterocycles. The van der Waals surface area contributed by atoms with Crippen LogP contribution in [0, 0.1) is 0 Å². The highest BCUT2D eigenvalue weighted by molar-refractivity contribution is 7.96. The molecule has 0 saturated carbocycles. The van der Waals surface area contributed by atoms with E-state index in [1.165, 1.54) is 12.1 Å². The number of aromatic amines is 1. The van der Waals surface area contributed by atoms with Gasteiger partial charge in [-0.15, -0.1) is 0 Å². The smallest absolute Gasteiger partial charge is 0.183 e. The lowest BCUT2D eigenvalue weighted by atomic mass is 10.1. The highest BCUT2D eigenvalue weighted by atomic mass is 32.2. The van der Waals surface area contributed by atoms with Crippen LogP contribution in [0.3, 0.4) is 0 Å². The second-order valence-electron chi connectivity index (χ2n) is 7.73. The third-order valence-electron chi connectivity index (χ3n) is 5.64. The van der Waals surface area contributed by atoms with Gasteiger partial charge in [0, 0.05) is 23.1 Å². The van der Waals surface area contributed by atoms with E-state index in [-0.39, 0.29) is 16.4 Å². The number of rotatable bonds is 8. The molecule has 3 aromatic rings. The number of aromatic nitrogens is 1. The molecule has 166 valence electrons. The van der Waals surface area contributed by atoms with Gasteiger partial charge in [0.2, 0.25) is 0 Å². The fourth-order valence-electron chi connectivity index (χ4n) is 4.11. The Balaban J connectivity index is 1.49. The Hall–Kier alpha value is -2.36. The van der Waals surface area contributed by atoms with Gasteiger partial charge in [-0.2, -0.15) is 0 Å². The van der Waals surface area contributed by atoms with E-state index in [1.54, 1.807) is 12.1 Å². The summed E-state index contributed by atoms with van der Waals surface area (Å²) in [5, 5.41) is 3.30. The second-order valence-corrected chi connectivity index (χ2v) is 12.1. The quantitative estimate of drug-likeness (QED) is 0.532. The standard InChI is InChI=1S/C22H26N2O5S2/c1-2-29-17-7-9-18(10-8-17)31(27,28)22-15-30(25,26)14-21(22)23-12-11-16-13-24-20-6-4-3-5-19(16)20/h3-10,13,21-24H,2,11-12,14-15H2,1H3/t21-,22-/m0/s1. The largest absolute Gasteiger partial charge is 0.494 e. The van der Waals surface area contributed by atoms with Crippen molar-refractivity contribution in [3.8, 4) is 5.75 Å². The van der Waals surface area contributed by atoms with Crippen LogP contribution < -0.4 is 10.1 Å². The predicted molar refractivity (Wildman–Crippen MR) is 121 cm³/mol. The summed E-state index contributed by atoms with van der Waals surface area (Å²) in [6.45, 7) is 2.81. The molecule has 0 radical (unpaired) electrons. The lowest BCUT2D eigenvalue weighted by Gasteiger charge is -2.20. The molecule has 7 nitrogen and oxygen atoms in total. The number of fused-ring (bicyclic) bond motifs is 1. The average Bonchev–Trinajstić information content (AvgIpc) is 3.29. The number of sulfone groups is 2. The zero-order valence-electron chi connectivity index (χ0n) is 17.2. The summed E-state index contributed by atoms with van der Waals surface area (Å²) in [5.74, 6) is 0.0312. The van der Waals surface area contributed by atoms with Crippen molar-refractivity contribution >= 4 is 30.6 Å². The normalized spacial score (nSPS) is 20.8. The molecule has 0 amide bonds. The Kier molecular flexibility index (Phi) is 6.09. The fraction of sp³-hybridized carbons (Fsp3) is 0.364.